The fourth-order valence-corrected chi connectivity index (χ4v) is 1.84. The van der Waals surface area contributed by atoms with Gasteiger partial charge in [-0.2, -0.15) is 0 Å². The number of benzene rings is 2. The van der Waals surface area contributed by atoms with Crippen molar-refractivity contribution in [2.75, 3.05) is 0 Å². The minimum absolute atomic E-state index is 0.754. The molecular formula is C16H14O. The van der Waals surface area contributed by atoms with Crippen LogP contribution in [0.2, 0.25) is 0 Å². The molecule has 0 bridgehead atoms. The zero-order valence-corrected chi connectivity index (χ0v) is 9.72. The lowest BCUT2D eigenvalue weighted by Crippen LogP contribution is -1.92. The van der Waals surface area contributed by atoms with E-state index in [1.165, 1.54) is 11.1 Å². The molecule has 0 saturated carbocycles. The van der Waals surface area contributed by atoms with Gasteiger partial charge >= 0.3 is 0 Å². The van der Waals surface area contributed by atoms with Crippen molar-refractivity contribution in [2.24, 2.45) is 0 Å². The highest BCUT2D eigenvalue weighted by molar-refractivity contribution is 5.67. The van der Waals surface area contributed by atoms with E-state index < -0.39 is 6.10 Å². The second-order valence-corrected chi connectivity index (χ2v) is 4.01. The quantitative estimate of drug-likeness (QED) is 0.773. The molecule has 0 aliphatic carbocycles. The van der Waals surface area contributed by atoms with E-state index in [9.17, 15) is 5.11 Å². The van der Waals surface area contributed by atoms with Gasteiger partial charge in [0.25, 0.3) is 0 Å². The average Bonchev–Trinajstić information content (AvgIpc) is 2.39. The molecule has 17 heavy (non-hydrogen) atoms. The van der Waals surface area contributed by atoms with Gasteiger partial charge in [-0.25, -0.2) is 0 Å². The van der Waals surface area contributed by atoms with Gasteiger partial charge in [0.05, 0.1) is 0 Å². The number of hydrogen-bond acceptors (Lipinski definition) is 1. The van der Waals surface area contributed by atoms with Crippen LogP contribution < -0.4 is 0 Å². The first-order valence-corrected chi connectivity index (χ1v) is 5.52. The zero-order chi connectivity index (χ0) is 12.3. The molecule has 2 aromatic rings. The second-order valence-electron chi connectivity index (χ2n) is 4.01. The third-order valence-corrected chi connectivity index (χ3v) is 2.84. The maximum atomic E-state index is 9.51. The minimum Gasteiger partial charge on any atom is -0.376 e. The first-order chi connectivity index (χ1) is 8.22. The summed E-state index contributed by atoms with van der Waals surface area (Å²) in [6.07, 6.45) is 4.36. The van der Waals surface area contributed by atoms with Crippen molar-refractivity contribution < 1.29 is 5.11 Å². The molecule has 1 heteroatoms. The molecule has 1 nitrogen and oxygen atoms in total. The van der Waals surface area contributed by atoms with Crippen molar-refractivity contribution in [1.29, 1.82) is 0 Å². The lowest BCUT2D eigenvalue weighted by Gasteiger charge is -2.08. The molecule has 0 aliphatic rings. The highest BCUT2D eigenvalue weighted by Crippen LogP contribution is 2.24. The molecule has 0 heterocycles. The van der Waals surface area contributed by atoms with Crippen molar-refractivity contribution in [2.45, 2.75) is 13.0 Å². The Kier molecular flexibility index (Phi) is 3.27. The standard InChI is InChI=1S/C16H14O/c1-3-16(17)14-10-8-13(9-11-14)15-7-5-4-6-12(15)2/h1,4-11,16-17H,2H3. The molecule has 0 spiro atoms. The Morgan fingerprint density at radius 1 is 1.06 bits per heavy atom. The SMILES string of the molecule is C#CC(O)c1ccc(-c2ccccc2C)cc1. The van der Waals surface area contributed by atoms with Gasteiger partial charge in [-0.3, -0.25) is 0 Å². The molecule has 1 atom stereocenters. The van der Waals surface area contributed by atoms with Crippen molar-refractivity contribution in [3.05, 3.63) is 59.7 Å². The molecule has 0 aromatic heterocycles. The van der Waals surface area contributed by atoms with Crippen LogP contribution in [0.5, 0.6) is 0 Å². The fourth-order valence-electron chi connectivity index (χ4n) is 1.84. The number of aliphatic hydroxyl groups excluding tert-OH is 1. The first-order valence-electron chi connectivity index (χ1n) is 5.52. The third-order valence-electron chi connectivity index (χ3n) is 2.84. The average molecular weight is 222 g/mol. The van der Waals surface area contributed by atoms with E-state index >= 15 is 0 Å². The number of aliphatic hydroxyl groups is 1. The van der Waals surface area contributed by atoms with Gasteiger partial charge in [0.2, 0.25) is 0 Å². The predicted molar refractivity (Wildman–Crippen MR) is 70.4 cm³/mol. The van der Waals surface area contributed by atoms with Crippen LogP contribution in [0.1, 0.15) is 17.2 Å². The first kappa shape index (κ1) is 11.4. The molecular weight excluding hydrogens is 208 g/mol. The van der Waals surface area contributed by atoms with E-state index in [-0.39, 0.29) is 0 Å². The van der Waals surface area contributed by atoms with E-state index in [0.29, 0.717) is 0 Å². The van der Waals surface area contributed by atoms with E-state index in [0.717, 1.165) is 11.1 Å². The third kappa shape index (κ3) is 2.38. The van der Waals surface area contributed by atoms with E-state index in [1.54, 1.807) is 0 Å². The Bertz CT molecular complexity index is 546. The molecule has 0 fully saturated rings. The van der Waals surface area contributed by atoms with Crippen molar-refractivity contribution in [3.63, 3.8) is 0 Å². The number of rotatable bonds is 2. The van der Waals surface area contributed by atoms with Gasteiger partial charge in [0, 0.05) is 0 Å². The summed E-state index contributed by atoms with van der Waals surface area (Å²) in [6.45, 7) is 2.08. The van der Waals surface area contributed by atoms with Gasteiger partial charge in [-0.05, 0) is 29.2 Å². The predicted octanol–water partition coefficient (Wildman–Crippen LogP) is 3.33. The summed E-state index contributed by atoms with van der Waals surface area (Å²) in [6, 6.07) is 15.9. The molecule has 0 aliphatic heterocycles. The van der Waals surface area contributed by atoms with Gasteiger partial charge in [-0.15, -0.1) is 6.42 Å². The molecule has 2 aromatic carbocycles. The van der Waals surface area contributed by atoms with Crippen molar-refractivity contribution >= 4 is 0 Å². The topological polar surface area (TPSA) is 20.2 Å². The summed E-state index contributed by atoms with van der Waals surface area (Å²) in [7, 11) is 0. The Morgan fingerprint density at radius 3 is 2.29 bits per heavy atom. The summed E-state index contributed by atoms with van der Waals surface area (Å²) in [5.74, 6) is 2.31. The van der Waals surface area contributed by atoms with E-state index in [2.05, 4.69) is 25.0 Å². The van der Waals surface area contributed by atoms with E-state index in [4.69, 9.17) is 6.42 Å². The Morgan fingerprint density at radius 2 is 1.71 bits per heavy atom. The second kappa shape index (κ2) is 4.86. The molecule has 1 unspecified atom stereocenters. The molecule has 0 saturated heterocycles. The number of terminal acetylenes is 1. The molecule has 0 amide bonds. The lowest BCUT2D eigenvalue weighted by atomic mass is 9.98. The normalized spacial score (nSPS) is 11.8. The largest absolute Gasteiger partial charge is 0.376 e. The summed E-state index contributed by atoms with van der Waals surface area (Å²) in [5, 5.41) is 9.51. The number of hydrogen-bond donors (Lipinski definition) is 1. The van der Waals surface area contributed by atoms with Crippen LogP contribution in [-0.4, -0.2) is 5.11 Å². The molecule has 1 N–H and O–H groups in total. The molecule has 0 radical (unpaired) electrons. The summed E-state index contributed by atoms with van der Waals surface area (Å²) in [5.41, 5.74) is 4.33. The van der Waals surface area contributed by atoms with Gasteiger partial charge < -0.3 is 5.11 Å². The maximum absolute atomic E-state index is 9.51. The summed E-state index contributed by atoms with van der Waals surface area (Å²) in [4.78, 5) is 0. The fraction of sp³-hybridized carbons (Fsp3) is 0.125. The van der Waals surface area contributed by atoms with Crippen LogP contribution in [0.15, 0.2) is 48.5 Å². The van der Waals surface area contributed by atoms with Gasteiger partial charge in [0.15, 0.2) is 0 Å². The Hall–Kier alpha value is -2.04. The zero-order valence-electron chi connectivity index (χ0n) is 9.72. The lowest BCUT2D eigenvalue weighted by molar-refractivity contribution is 0.238. The number of aryl methyl sites for hydroxylation is 1. The molecule has 84 valence electrons. The van der Waals surface area contributed by atoms with Gasteiger partial charge in [-0.1, -0.05) is 54.5 Å². The Balaban J connectivity index is 2.37. The van der Waals surface area contributed by atoms with Crippen LogP contribution in [0, 0.1) is 19.3 Å². The maximum Gasteiger partial charge on any atom is 0.139 e. The van der Waals surface area contributed by atoms with Gasteiger partial charge in [0.1, 0.15) is 6.10 Å². The van der Waals surface area contributed by atoms with Crippen LogP contribution >= 0.6 is 0 Å². The molecule has 2 rings (SSSR count). The van der Waals surface area contributed by atoms with Crippen LogP contribution in [-0.2, 0) is 0 Å². The highest BCUT2D eigenvalue weighted by Gasteiger charge is 2.04. The van der Waals surface area contributed by atoms with Crippen molar-refractivity contribution in [3.8, 4) is 23.5 Å². The summed E-state index contributed by atoms with van der Waals surface area (Å²) < 4.78 is 0. The van der Waals surface area contributed by atoms with Crippen LogP contribution in [0.25, 0.3) is 11.1 Å². The Labute approximate surface area is 102 Å². The minimum atomic E-state index is -0.819. The van der Waals surface area contributed by atoms with Crippen molar-refractivity contribution in [1.82, 2.24) is 0 Å². The highest BCUT2D eigenvalue weighted by atomic mass is 16.3. The summed E-state index contributed by atoms with van der Waals surface area (Å²) >= 11 is 0. The van der Waals surface area contributed by atoms with Crippen LogP contribution in [0.3, 0.4) is 0 Å². The smallest absolute Gasteiger partial charge is 0.139 e. The monoisotopic (exact) mass is 222 g/mol. The van der Waals surface area contributed by atoms with E-state index in [1.807, 2.05) is 36.4 Å². The van der Waals surface area contributed by atoms with Crippen LogP contribution in [0.4, 0.5) is 0 Å².